The lowest BCUT2D eigenvalue weighted by Crippen LogP contribution is -2.17. The van der Waals surface area contributed by atoms with Crippen LogP contribution >= 0.6 is 0 Å². The van der Waals surface area contributed by atoms with E-state index in [-0.39, 0.29) is 6.42 Å². The number of hydrogen-bond donors (Lipinski definition) is 1. The van der Waals surface area contributed by atoms with Gasteiger partial charge in [-0.1, -0.05) is 6.92 Å². The minimum absolute atomic E-state index is 0.222. The van der Waals surface area contributed by atoms with Crippen LogP contribution in [0.4, 0.5) is 0 Å². The Hall–Kier alpha value is -0.393. The molecule has 0 aromatic carbocycles. The van der Waals surface area contributed by atoms with Crippen molar-refractivity contribution in [1.29, 1.82) is 0 Å². The zero-order valence-electron chi connectivity index (χ0n) is 8.87. The summed E-state index contributed by atoms with van der Waals surface area (Å²) in [5.74, 6) is -0.745. The van der Waals surface area contributed by atoms with Gasteiger partial charge in [-0.3, -0.25) is 4.79 Å². The van der Waals surface area contributed by atoms with Gasteiger partial charge in [0.2, 0.25) is 0 Å². The fraction of sp³-hybridized carbons (Fsp3) is 0.875. The summed E-state index contributed by atoms with van der Waals surface area (Å²) < 4.78 is 10.4. The highest BCUT2D eigenvalue weighted by atomic mass is 28.3. The number of rotatable bonds is 5. The van der Waals surface area contributed by atoms with Crippen molar-refractivity contribution in [3.05, 3.63) is 0 Å². The van der Waals surface area contributed by atoms with Crippen LogP contribution in [0.5, 0.6) is 0 Å². The number of carboxylic acids is 1. The summed E-state index contributed by atoms with van der Waals surface area (Å²) in [7, 11) is -1.20. The second-order valence-corrected chi connectivity index (χ2v) is 4.03. The molecule has 0 aliphatic rings. The molecule has 5 heteroatoms. The van der Waals surface area contributed by atoms with Gasteiger partial charge in [-0.2, -0.15) is 0 Å². The van der Waals surface area contributed by atoms with Gasteiger partial charge >= 0.3 is 15.3 Å². The molecule has 0 aromatic heterocycles. The van der Waals surface area contributed by atoms with Crippen LogP contribution in [0, 0.1) is 0 Å². The zero-order chi connectivity index (χ0) is 10.7. The summed E-state index contributed by atoms with van der Waals surface area (Å²) in [6.07, 6.45) is 0.222. The van der Waals surface area contributed by atoms with Gasteiger partial charge in [0.15, 0.2) is 0 Å². The Balaban J connectivity index is 0. The third-order valence-electron chi connectivity index (χ3n) is 1.11. The van der Waals surface area contributed by atoms with E-state index in [1.165, 1.54) is 0 Å². The Morgan fingerprint density at radius 1 is 1.23 bits per heavy atom. The molecule has 0 saturated heterocycles. The minimum atomic E-state index is -1.20. The minimum Gasteiger partial charge on any atom is -0.481 e. The molecule has 0 amide bonds. The van der Waals surface area contributed by atoms with Crippen molar-refractivity contribution in [2.45, 2.75) is 33.7 Å². The molecule has 0 radical (unpaired) electrons. The van der Waals surface area contributed by atoms with Gasteiger partial charge in [0.1, 0.15) is 0 Å². The van der Waals surface area contributed by atoms with Crippen LogP contribution in [-0.4, -0.2) is 33.6 Å². The average Bonchev–Trinajstić information content (AvgIpc) is 2.06. The summed E-state index contributed by atoms with van der Waals surface area (Å²) in [5, 5.41) is 7.72. The Kier molecular flexibility index (Phi) is 13.5. The van der Waals surface area contributed by atoms with Crippen molar-refractivity contribution >= 4 is 15.3 Å². The maximum atomic E-state index is 9.37. The Morgan fingerprint density at radius 3 is 1.69 bits per heavy atom. The Labute approximate surface area is 81.7 Å². The molecule has 1 N–H and O–H groups in total. The maximum absolute atomic E-state index is 9.37. The second kappa shape index (κ2) is 11.6. The number of carbonyl (C=O) groups is 1. The van der Waals surface area contributed by atoms with Crippen molar-refractivity contribution in [3.8, 4) is 0 Å². The fourth-order valence-corrected chi connectivity index (χ4v) is 1.55. The first-order valence-corrected chi connectivity index (χ1v) is 6.63. The lowest BCUT2D eigenvalue weighted by atomic mass is 10.5. The highest BCUT2D eigenvalue weighted by molar-refractivity contribution is 6.42. The van der Waals surface area contributed by atoms with Crippen LogP contribution in [0.15, 0.2) is 0 Å². The van der Waals surface area contributed by atoms with Crippen LogP contribution in [-0.2, 0) is 13.6 Å². The molecule has 0 fully saturated rings. The number of aliphatic carboxylic acids is 1. The molecule has 80 valence electrons. The first-order valence-electron chi connectivity index (χ1n) is 4.53. The Bertz CT molecular complexity index is 113. The fourth-order valence-electron chi connectivity index (χ4n) is 0.518. The predicted octanol–water partition coefficient (Wildman–Crippen LogP) is 1.39. The highest BCUT2D eigenvalue weighted by Crippen LogP contribution is 1.85. The van der Waals surface area contributed by atoms with Crippen LogP contribution in [0.2, 0.25) is 6.55 Å². The van der Waals surface area contributed by atoms with E-state index < -0.39 is 15.3 Å². The average molecular weight is 208 g/mol. The van der Waals surface area contributed by atoms with Gasteiger partial charge in [0.25, 0.3) is 0 Å². The van der Waals surface area contributed by atoms with Gasteiger partial charge in [0.05, 0.1) is 0 Å². The summed E-state index contributed by atoms with van der Waals surface area (Å²) in [6.45, 7) is 9.18. The van der Waals surface area contributed by atoms with Crippen molar-refractivity contribution in [2.75, 3.05) is 13.2 Å². The van der Waals surface area contributed by atoms with Gasteiger partial charge < -0.3 is 14.0 Å². The van der Waals surface area contributed by atoms with Gasteiger partial charge in [-0.15, -0.1) is 0 Å². The zero-order valence-corrected chi connectivity index (χ0v) is 10.0. The molecule has 0 bridgehead atoms. The molecule has 0 saturated carbocycles. The first kappa shape index (κ1) is 15.1. The quantitative estimate of drug-likeness (QED) is 0.694. The smallest absolute Gasteiger partial charge is 0.318 e. The SMILES string of the molecule is CCC(=O)O.CCO[SiH](C)OCC. The number of hydrogen-bond acceptors (Lipinski definition) is 3. The third kappa shape index (κ3) is 18.5. The van der Waals surface area contributed by atoms with E-state index in [0.717, 1.165) is 13.2 Å². The number of carboxylic acid groups (broad SMARTS) is 1. The summed E-state index contributed by atoms with van der Waals surface area (Å²) >= 11 is 0. The summed E-state index contributed by atoms with van der Waals surface area (Å²) in [6, 6.07) is 0. The lowest BCUT2D eigenvalue weighted by molar-refractivity contribution is -0.136. The molecule has 0 rings (SSSR count). The molecule has 0 aliphatic carbocycles. The van der Waals surface area contributed by atoms with E-state index in [1.54, 1.807) is 6.92 Å². The molecule has 0 atom stereocenters. The highest BCUT2D eigenvalue weighted by Gasteiger charge is 1.99. The van der Waals surface area contributed by atoms with E-state index >= 15 is 0 Å². The topological polar surface area (TPSA) is 55.8 Å². The standard InChI is InChI=1S/C5H14O2Si.C3H6O2/c1-4-6-8(3)7-5-2;1-2-3(4)5/h8H,4-5H2,1-3H3;2H2,1H3,(H,4,5). The van der Waals surface area contributed by atoms with Crippen LogP contribution in [0.25, 0.3) is 0 Å². The van der Waals surface area contributed by atoms with E-state index in [0.29, 0.717) is 0 Å². The van der Waals surface area contributed by atoms with E-state index in [4.69, 9.17) is 14.0 Å². The second-order valence-electron chi connectivity index (χ2n) is 2.23. The predicted molar refractivity (Wildman–Crippen MR) is 54.2 cm³/mol. The monoisotopic (exact) mass is 208 g/mol. The van der Waals surface area contributed by atoms with Crippen molar-refractivity contribution < 1.29 is 18.8 Å². The molecule has 0 aromatic rings. The van der Waals surface area contributed by atoms with Gasteiger partial charge in [0, 0.05) is 19.6 Å². The first-order chi connectivity index (χ1) is 6.08. The van der Waals surface area contributed by atoms with E-state index in [9.17, 15) is 4.79 Å². The van der Waals surface area contributed by atoms with E-state index in [2.05, 4.69) is 0 Å². The maximum Gasteiger partial charge on any atom is 0.318 e. The molecule has 0 heterocycles. The Morgan fingerprint density at radius 2 is 1.54 bits per heavy atom. The van der Waals surface area contributed by atoms with Gasteiger partial charge in [-0.05, 0) is 20.4 Å². The van der Waals surface area contributed by atoms with Crippen molar-refractivity contribution in [3.63, 3.8) is 0 Å². The summed E-state index contributed by atoms with van der Waals surface area (Å²) in [5.41, 5.74) is 0. The van der Waals surface area contributed by atoms with Crippen LogP contribution in [0.1, 0.15) is 27.2 Å². The molecule has 0 spiro atoms. The largest absolute Gasteiger partial charge is 0.481 e. The summed E-state index contributed by atoms with van der Waals surface area (Å²) in [4.78, 5) is 9.37. The molecular weight excluding hydrogens is 188 g/mol. The van der Waals surface area contributed by atoms with Gasteiger partial charge in [-0.25, -0.2) is 0 Å². The molecule has 4 nitrogen and oxygen atoms in total. The normalized spacial score (nSPS) is 9.31. The van der Waals surface area contributed by atoms with Crippen LogP contribution in [0.3, 0.4) is 0 Å². The van der Waals surface area contributed by atoms with E-state index in [1.807, 2.05) is 20.4 Å². The lowest BCUT2D eigenvalue weighted by Gasteiger charge is -2.07. The molecule has 0 unspecified atom stereocenters. The molecule has 0 aliphatic heterocycles. The molecule has 13 heavy (non-hydrogen) atoms. The van der Waals surface area contributed by atoms with Crippen molar-refractivity contribution in [1.82, 2.24) is 0 Å². The molecular formula is C8H20O4Si. The third-order valence-corrected chi connectivity index (χ3v) is 2.71. The van der Waals surface area contributed by atoms with Crippen molar-refractivity contribution in [2.24, 2.45) is 0 Å². The van der Waals surface area contributed by atoms with Crippen LogP contribution < -0.4 is 0 Å².